The summed E-state index contributed by atoms with van der Waals surface area (Å²) in [6.45, 7) is 6.03. The van der Waals surface area contributed by atoms with Crippen molar-refractivity contribution >= 4 is 22.3 Å². The molecule has 0 aliphatic carbocycles. The first kappa shape index (κ1) is 16.4. The maximum Gasteiger partial charge on any atom is 0.338 e. The number of benzene rings is 1. The summed E-state index contributed by atoms with van der Waals surface area (Å²) >= 11 is 1.39. The molecule has 5 nitrogen and oxygen atoms in total. The highest BCUT2D eigenvalue weighted by molar-refractivity contribution is 7.15. The maximum atomic E-state index is 12.1. The minimum absolute atomic E-state index is 0.0204. The van der Waals surface area contributed by atoms with Crippen LogP contribution < -0.4 is 5.56 Å². The number of fused-ring (bicyclic) bond motifs is 1. The van der Waals surface area contributed by atoms with Crippen molar-refractivity contribution in [3.8, 4) is 0 Å². The molecular weight excluding hydrogens is 324 g/mol. The molecule has 0 aliphatic rings. The molecule has 24 heavy (non-hydrogen) atoms. The van der Waals surface area contributed by atoms with E-state index in [1.54, 1.807) is 16.5 Å². The number of carbonyl (C=O) groups excluding carboxylic acids is 1. The molecule has 0 radical (unpaired) electrons. The zero-order chi connectivity index (χ0) is 17.3. The molecule has 0 saturated heterocycles. The Kier molecular flexibility index (Phi) is 4.49. The van der Waals surface area contributed by atoms with Crippen LogP contribution in [0.15, 0.2) is 40.5 Å². The molecule has 124 valence electrons. The summed E-state index contributed by atoms with van der Waals surface area (Å²) in [6, 6.07) is 8.76. The smallest absolute Gasteiger partial charge is 0.338 e. The van der Waals surface area contributed by atoms with E-state index in [9.17, 15) is 9.59 Å². The van der Waals surface area contributed by atoms with Gasteiger partial charge in [-0.25, -0.2) is 9.78 Å². The third-order valence-corrected chi connectivity index (χ3v) is 4.74. The van der Waals surface area contributed by atoms with Crippen LogP contribution in [0.2, 0.25) is 0 Å². The van der Waals surface area contributed by atoms with E-state index in [-0.39, 0.29) is 12.2 Å². The Balaban J connectivity index is 1.73. The van der Waals surface area contributed by atoms with E-state index in [2.05, 4.69) is 18.8 Å². The Morgan fingerprint density at radius 3 is 2.67 bits per heavy atom. The van der Waals surface area contributed by atoms with Crippen LogP contribution in [0.4, 0.5) is 0 Å². The zero-order valence-electron chi connectivity index (χ0n) is 13.8. The highest BCUT2D eigenvalue weighted by atomic mass is 32.1. The molecule has 6 heteroatoms. The minimum atomic E-state index is -0.422. The quantitative estimate of drug-likeness (QED) is 0.680. The molecule has 2 heterocycles. The fourth-order valence-corrected chi connectivity index (χ4v) is 3.29. The van der Waals surface area contributed by atoms with Gasteiger partial charge >= 0.3 is 5.97 Å². The van der Waals surface area contributed by atoms with Crippen molar-refractivity contribution in [2.45, 2.75) is 33.3 Å². The van der Waals surface area contributed by atoms with Crippen molar-refractivity contribution in [2.75, 3.05) is 0 Å². The van der Waals surface area contributed by atoms with Gasteiger partial charge in [0.25, 0.3) is 5.56 Å². The Labute approximate surface area is 143 Å². The standard InChI is InChI=1S/C18H18N2O3S/c1-11(2)13-4-6-14(7-5-13)17(22)23-9-15-8-16(21)20-12(3)10-24-18(20)19-15/h4-8,10-11H,9H2,1-3H3. The Morgan fingerprint density at radius 2 is 2.00 bits per heavy atom. The van der Waals surface area contributed by atoms with Crippen molar-refractivity contribution in [3.05, 3.63) is 68.6 Å². The van der Waals surface area contributed by atoms with Gasteiger partial charge in [0.15, 0.2) is 4.96 Å². The number of carbonyl (C=O) groups is 1. The van der Waals surface area contributed by atoms with Gasteiger partial charge in [0, 0.05) is 17.1 Å². The summed E-state index contributed by atoms with van der Waals surface area (Å²) in [5, 5.41) is 1.87. The van der Waals surface area contributed by atoms with Crippen molar-refractivity contribution in [1.29, 1.82) is 0 Å². The summed E-state index contributed by atoms with van der Waals surface area (Å²) in [4.78, 5) is 29.2. The van der Waals surface area contributed by atoms with E-state index in [4.69, 9.17) is 4.74 Å². The van der Waals surface area contributed by atoms with Crippen molar-refractivity contribution < 1.29 is 9.53 Å². The van der Waals surface area contributed by atoms with Crippen LogP contribution in [0.1, 0.15) is 47.1 Å². The van der Waals surface area contributed by atoms with Crippen LogP contribution in [-0.2, 0) is 11.3 Å². The van der Waals surface area contributed by atoms with Gasteiger partial charge in [-0.15, -0.1) is 11.3 Å². The maximum absolute atomic E-state index is 12.1. The van der Waals surface area contributed by atoms with Gasteiger partial charge in [0.1, 0.15) is 6.61 Å². The van der Waals surface area contributed by atoms with Crippen LogP contribution in [0.25, 0.3) is 4.96 Å². The first-order valence-electron chi connectivity index (χ1n) is 7.69. The second-order valence-electron chi connectivity index (χ2n) is 5.93. The van der Waals surface area contributed by atoms with Gasteiger partial charge < -0.3 is 4.74 Å². The van der Waals surface area contributed by atoms with E-state index in [1.165, 1.54) is 23.0 Å². The van der Waals surface area contributed by atoms with Crippen LogP contribution in [0, 0.1) is 6.92 Å². The lowest BCUT2D eigenvalue weighted by molar-refractivity contribution is 0.0467. The summed E-state index contributed by atoms with van der Waals surface area (Å²) in [6.07, 6.45) is 0. The Bertz CT molecular complexity index is 939. The molecular formula is C18H18N2O3S. The van der Waals surface area contributed by atoms with Crippen LogP contribution >= 0.6 is 11.3 Å². The van der Waals surface area contributed by atoms with Gasteiger partial charge in [-0.1, -0.05) is 26.0 Å². The van der Waals surface area contributed by atoms with Crippen molar-refractivity contribution in [2.24, 2.45) is 0 Å². The highest BCUT2D eigenvalue weighted by Gasteiger charge is 2.11. The zero-order valence-corrected chi connectivity index (χ0v) is 14.6. The molecule has 0 aliphatic heterocycles. The number of hydrogen-bond donors (Lipinski definition) is 0. The molecule has 0 amide bonds. The lowest BCUT2D eigenvalue weighted by Gasteiger charge is -2.07. The van der Waals surface area contributed by atoms with Gasteiger partial charge in [-0.05, 0) is 30.5 Å². The number of hydrogen-bond acceptors (Lipinski definition) is 5. The number of thiazole rings is 1. The first-order chi connectivity index (χ1) is 11.5. The second-order valence-corrected chi connectivity index (χ2v) is 6.77. The lowest BCUT2D eigenvalue weighted by atomic mass is 10.0. The molecule has 2 aromatic heterocycles. The summed E-state index contributed by atoms with van der Waals surface area (Å²) in [5.41, 5.74) is 2.80. The molecule has 0 fully saturated rings. The van der Waals surface area contributed by atoms with Crippen LogP contribution in [-0.4, -0.2) is 15.4 Å². The average Bonchev–Trinajstić information content (AvgIpc) is 2.94. The molecule has 1 aromatic carbocycles. The minimum Gasteiger partial charge on any atom is -0.456 e. The van der Waals surface area contributed by atoms with Crippen LogP contribution in [0.5, 0.6) is 0 Å². The number of ether oxygens (including phenoxy) is 1. The molecule has 0 unspecified atom stereocenters. The first-order valence-corrected chi connectivity index (χ1v) is 8.57. The van der Waals surface area contributed by atoms with Crippen molar-refractivity contribution in [3.63, 3.8) is 0 Å². The van der Waals surface area contributed by atoms with Gasteiger partial charge in [-0.3, -0.25) is 9.20 Å². The second kappa shape index (κ2) is 6.57. The Hall–Kier alpha value is -2.47. The molecule has 0 N–H and O–H groups in total. The Morgan fingerprint density at radius 1 is 1.29 bits per heavy atom. The molecule has 0 spiro atoms. The predicted molar refractivity (Wildman–Crippen MR) is 93.7 cm³/mol. The van der Waals surface area contributed by atoms with E-state index in [1.807, 2.05) is 24.4 Å². The fourth-order valence-electron chi connectivity index (χ4n) is 2.40. The molecule has 0 atom stereocenters. The predicted octanol–water partition coefficient (Wildman–Crippen LogP) is 3.54. The molecule has 0 saturated carbocycles. The SMILES string of the molecule is Cc1csc2nc(COC(=O)c3ccc(C(C)C)cc3)cc(=O)n12. The van der Waals surface area contributed by atoms with Gasteiger partial charge in [-0.2, -0.15) is 0 Å². The van der Waals surface area contributed by atoms with E-state index >= 15 is 0 Å². The number of aryl methyl sites for hydroxylation is 1. The molecule has 0 bridgehead atoms. The number of nitrogens with zero attached hydrogens (tertiary/aromatic N) is 2. The number of esters is 1. The third-order valence-electron chi connectivity index (χ3n) is 3.79. The highest BCUT2D eigenvalue weighted by Crippen LogP contribution is 2.16. The molecule has 3 rings (SSSR count). The number of rotatable bonds is 4. The fraction of sp³-hybridized carbons (Fsp3) is 0.278. The average molecular weight is 342 g/mol. The lowest BCUT2D eigenvalue weighted by Crippen LogP contribution is -2.16. The van der Waals surface area contributed by atoms with E-state index < -0.39 is 5.97 Å². The third kappa shape index (κ3) is 3.23. The van der Waals surface area contributed by atoms with E-state index in [0.29, 0.717) is 22.1 Å². The monoisotopic (exact) mass is 342 g/mol. The van der Waals surface area contributed by atoms with Gasteiger partial charge in [0.05, 0.1) is 11.3 Å². The summed E-state index contributed by atoms with van der Waals surface area (Å²) < 4.78 is 6.82. The normalized spacial score (nSPS) is 11.2. The summed E-state index contributed by atoms with van der Waals surface area (Å²) in [7, 11) is 0. The topological polar surface area (TPSA) is 60.7 Å². The van der Waals surface area contributed by atoms with E-state index in [0.717, 1.165) is 5.69 Å². The number of aromatic nitrogens is 2. The van der Waals surface area contributed by atoms with Crippen molar-refractivity contribution in [1.82, 2.24) is 9.38 Å². The molecule has 3 aromatic rings. The summed E-state index contributed by atoms with van der Waals surface area (Å²) in [5.74, 6) is -0.0112. The van der Waals surface area contributed by atoms with Gasteiger partial charge in [0.2, 0.25) is 0 Å². The van der Waals surface area contributed by atoms with Crippen LogP contribution in [0.3, 0.4) is 0 Å². The largest absolute Gasteiger partial charge is 0.456 e.